The van der Waals surface area contributed by atoms with E-state index < -0.39 is 35.6 Å². The number of carbonyl (C=O) groups excluding carboxylic acids is 2. The molecule has 0 aliphatic rings. The Kier molecular flexibility index (Phi) is 5.01. The second-order valence-electron chi connectivity index (χ2n) is 4.87. The average molecular weight is 285 g/mol. The van der Waals surface area contributed by atoms with Gasteiger partial charge in [0.05, 0.1) is 12.2 Å². The average Bonchev–Trinajstić information content (AvgIpc) is 2.32. The Bertz CT molecular complexity index is 533. The first-order valence-corrected chi connectivity index (χ1v) is 6.05. The molecule has 0 aliphatic carbocycles. The topological polar surface area (TPSA) is 89.4 Å². The highest BCUT2D eigenvalue weighted by molar-refractivity contribution is 5.97. The molecule has 0 aliphatic heterocycles. The van der Waals surface area contributed by atoms with Crippen molar-refractivity contribution in [3.8, 4) is 0 Å². The van der Waals surface area contributed by atoms with Gasteiger partial charge in [-0.3, -0.25) is 9.59 Å². The molecule has 0 heterocycles. The van der Waals surface area contributed by atoms with Crippen LogP contribution in [0.15, 0.2) is 12.1 Å². The normalized spacial score (nSPS) is 10.7. The third kappa shape index (κ3) is 3.66. The number of halogens is 2. The Morgan fingerprint density at radius 1 is 1.30 bits per heavy atom. The van der Waals surface area contributed by atoms with E-state index in [0.717, 1.165) is 17.0 Å². The van der Waals surface area contributed by atoms with Gasteiger partial charge in [-0.1, -0.05) is 13.8 Å². The zero-order chi connectivity index (χ0) is 15.4. The van der Waals surface area contributed by atoms with Crippen molar-refractivity contribution in [2.24, 2.45) is 11.7 Å². The summed E-state index contributed by atoms with van der Waals surface area (Å²) in [5.74, 6) is -3.86. The van der Waals surface area contributed by atoms with Crippen LogP contribution in [0.2, 0.25) is 0 Å². The van der Waals surface area contributed by atoms with Crippen LogP contribution in [-0.2, 0) is 4.79 Å². The Morgan fingerprint density at radius 2 is 1.90 bits per heavy atom. The maximum atomic E-state index is 13.8. The molecule has 2 amide bonds. The minimum atomic E-state index is -1.13. The lowest BCUT2D eigenvalue weighted by Crippen LogP contribution is -2.41. The van der Waals surface area contributed by atoms with Gasteiger partial charge in [0.25, 0.3) is 5.91 Å². The summed E-state index contributed by atoms with van der Waals surface area (Å²) in [5, 5.41) is 0. The molecule has 0 radical (unpaired) electrons. The number of hydrogen-bond donors (Lipinski definition) is 2. The Balaban J connectivity index is 3.18. The fourth-order valence-electron chi connectivity index (χ4n) is 1.77. The number of nitrogens with two attached hydrogens (primary N) is 2. The first kappa shape index (κ1) is 15.9. The fourth-order valence-corrected chi connectivity index (χ4v) is 1.77. The van der Waals surface area contributed by atoms with Crippen LogP contribution < -0.4 is 11.5 Å². The van der Waals surface area contributed by atoms with E-state index in [0.29, 0.717) is 0 Å². The highest BCUT2D eigenvalue weighted by Gasteiger charge is 2.26. The molecule has 0 fully saturated rings. The standard InChI is InChI=1S/C13H17F2N3O2/c1-7(2)5-18(6-10(17)19)13(20)11-8(14)3-4-9(16)12(11)15/h3-4,7H,5-6,16H2,1-2H3,(H2,17,19). The molecule has 0 atom stereocenters. The molecule has 0 aromatic heterocycles. The van der Waals surface area contributed by atoms with Gasteiger partial charge in [-0.2, -0.15) is 0 Å². The molecule has 110 valence electrons. The maximum absolute atomic E-state index is 13.8. The van der Waals surface area contributed by atoms with Gasteiger partial charge in [0, 0.05) is 6.54 Å². The van der Waals surface area contributed by atoms with E-state index in [9.17, 15) is 18.4 Å². The molecule has 1 aromatic carbocycles. The lowest BCUT2D eigenvalue weighted by molar-refractivity contribution is -0.118. The van der Waals surface area contributed by atoms with E-state index in [1.54, 1.807) is 13.8 Å². The van der Waals surface area contributed by atoms with Crippen LogP contribution in [0.3, 0.4) is 0 Å². The number of primary amides is 1. The summed E-state index contributed by atoms with van der Waals surface area (Å²) in [6.07, 6.45) is 0. The summed E-state index contributed by atoms with van der Waals surface area (Å²) < 4.78 is 27.5. The summed E-state index contributed by atoms with van der Waals surface area (Å²) in [6, 6.07) is 1.94. The number of hydrogen-bond acceptors (Lipinski definition) is 3. The van der Waals surface area contributed by atoms with Crippen LogP contribution in [0.1, 0.15) is 24.2 Å². The highest BCUT2D eigenvalue weighted by Crippen LogP contribution is 2.20. The summed E-state index contributed by atoms with van der Waals surface area (Å²) in [4.78, 5) is 24.2. The van der Waals surface area contributed by atoms with Gasteiger partial charge in [0.1, 0.15) is 11.4 Å². The van der Waals surface area contributed by atoms with Crippen LogP contribution in [0.25, 0.3) is 0 Å². The van der Waals surface area contributed by atoms with Crippen LogP contribution in [0.5, 0.6) is 0 Å². The maximum Gasteiger partial charge on any atom is 0.260 e. The zero-order valence-corrected chi connectivity index (χ0v) is 11.3. The lowest BCUT2D eigenvalue weighted by atomic mass is 10.1. The number of nitrogen functional groups attached to an aromatic ring is 1. The fraction of sp³-hybridized carbons (Fsp3) is 0.385. The lowest BCUT2D eigenvalue weighted by Gasteiger charge is -2.23. The van der Waals surface area contributed by atoms with Gasteiger partial charge >= 0.3 is 0 Å². The van der Waals surface area contributed by atoms with Crippen molar-refractivity contribution in [3.05, 3.63) is 29.3 Å². The molecule has 1 aromatic rings. The summed E-state index contributed by atoms with van der Waals surface area (Å²) >= 11 is 0. The first-order chi connectivity index (χ1) is 9.23. The van der Waals surface area contributed by atoms with E-state index in [1.807, 2.05) is 0 Å². The number of benzene rings is 1. The largest absolute Gasteiger partial charge is 0.396 e. The van der Waals surface area contributed by atoms with Gasteiger partial charge in [0.15, 0.2) is 5.82 Å². The molecule has 4 N–H and O–H groups in total. The second kappa shape index (κ2) is 6.31. The van der Waals surface area contributed by atoms with Gasteiger partial charge in [-0.05, 0) is 18.1 Å². The number of rotatable bonds is 5. The Hall–Kier alpha value is -2.18. The SMILES string of the molecule is CC(C)CN(CC(N)=O)C(=O)c1c(F)ccc(N)c1F. The number of carbonyl (C=O) groups is 2. The van der Waals surface area contributed by atoms with Crippen LogP contribution in [-0.4, -0.2) is 29.8 Å². The zero-order valence-electron chi connectivity index (χ0n) is 11.3. The van der Waals surface area contributed by atoms with Gasteiger partial charge in [0.2, 0.25) is 5.91 Å². The van der Waals surface area contributed by atoms with E-state index in [4.69, 9.17) is 11.5 Å². The van der Waals surface area contributed by atoms with Crippen molar-refractivity contribution in [3.63, 3.8) is 0 Å². The second-order valence-corrected chi connectivity index (χ2v) is 4.87. The van der Waals surface area contributed by atoms with E-state index >= 15 is 0 Å². The molecule has 0 saturated heterocycles. The Labute approximate surface area is 115 Å². The van der Waals surface area contributed by atoms with E-state index in [-0.39, 0.29) is 18.2 Å². The number of nitrogens with zero attached hydrogens (tertiary/aromatic N) is 1. The van der Waals surface area contributed by atoms with E-state index in [2.05, 4.69) is 0 Å². The van der Waals surface area contributed by atoms with Crippen LogP contribution in [0.4, 0.5) is 14.5 Å². The van der Waals surface area contributed by atoms with Crippen molar-refractivity contribution >= 4 is 17.5 Å². The minimum absolute atomic E-state index is 0.00508. The molecule has 0 bridgehead atoms. The third-order valence-electron chi connectivity index (χ3n) is 2.55. The Morgan fingerprint density at radius 3 is 2.40 bits per heavy atom. The summed E-state index contributed by atoms with van der Waals surface area (Å²) in [5.41, 5.74) is 9.27. The van der Waals surface area contributed by atoms with Gasteiger partial charge in [-0.15, -0.1) is 0 Å². The van der Waals surface area contributed by atoms with Gasteiger partial charge < -0.3 is 16.4 Å². The molecule has 0 spiro atoms. The number of amides is 2. The highest BCUT2D eigenvalue weighted by atomic mass is 19.1. The van der Waals surface area contributed by atoms with Crippen LogP contribution in [0, 0.1) is 17.6 Å². The monoisotopic (exact) mass is 285 g/mol. The van der Waals surface area contributed by atoms with Crippen molar-refractivity contribution in [1.29, 1.82) is 0 Å². The first-order valence-electron chi connectivity index (χ1n) is 6.05. The predicted molar refractivity (Wildman–Crippen MR) is 70.7 cm³/mol. The minimum Gasteiger partial charge on any atom is -0.396 e. The smallest absolute Gasteiger partial charge is 0.260 e. The molecule has 5 nitrogen and oxygen atoms in total. The van der Waals surface area contributed by atoms with E-state index in [1.165, 1.54) is 0 Å². The summed E-state index contributed by atoms with van der Waals surface area (Å²) in [6.45, 7) is 3.33. The molecule has 0 saturated carbocycles. The molecule has 7 heteroatoms. The predicted octanol–water partition coefficient (Wildman–Crippen LogP) is 1.13. The summed E-state index contributed by atoms with van der Waals surface area (Å²) in [7, 11) is 0. The van der Waals surface area contributed by atoms with Crippen molar-refractivity contribution in [1.82, 2.24) is 4.90 Å². The number of anilines is 1. The molecular weight excluding hydrogens is 268 g/mol. The molecule has 0 unspecified atom stereocenters. The van der Waals surface area contributed by atoms with Crippen molar-refractivity contribution in [2.75, 3.05) is 18.8 Å². The molecule has 20 heavy (non-hydrogen) atoms. The molecule has 1 rings (SSSR count). The third-order valence-corrected chi connectivity index (χ3v) is 2.55. The van der Waals surface area contributed by atoms with Crippen molar-refractivity contribution < 1.29 is 18.4 Å². The quantitative estimate of drug-likeness (QED) is 0.795. The van der Waals surface area contributed by atoms with Crippen LogP contribution >= 0.6 is 0 Å². The molecular formula is C13H17F2N3O2. The van der Waals surface area contributed by atoms with Gasteiger partial charge in [-0.25, -0.2) is 8.78 Å². The van der Waals surface area contributed by atoms with Crippen molar-refractivity contribution in [2.45, 2.75) is 13.8 Å².